The van der Waals surface area contributed by atoms with Gasteiger partial charge < -0.3 is 25.4 Å². The molecule has 0 aliphatic carbocycles. The molecule has 2 amide bonds. The predicted molar refractivity (Wildman–Crippen MR) is 124 cm³/mol. The lowest BCUT2D eigenvalue weighted by Crippen LogP contribution is -2.48. The maximum Gasteiger partial charge on any atom is 0.313 e. The highest BCUT2D eigenvalue weighted by Gasteiger charge is 2.34. The van der Waals surface area contributed by atoms with Crippen molar-refractivity contribution in [1.29, 1.82) is 0 Å². The molecule has 33 heavy (non-hydrogen) atoms. The summed E-state index contributed by atoms with van der Waals surface area (Å²) < 4.78 is 12.4. The van der Waals surface area contributed by atoms with Crippen molar-refractivity contribution < 1.29 is 19.1 Å². The normalized spacial score (nSPS) is 18.3. The highest BCUT2D eigenvalue weighted by molar-refractivity contribution is 7.16. The summed E-state index contributed by atoms with van der Waals surface area (Å²) >= 11 is 1.56. The van der Waals surface area contributed by atoms with E-state index in [9.17, 15) is 9.59 Å². The van der Waals surface area contributed by atoms with Gasteiger partial charge in [-0.05, 0) is 37.5 Å². The molecule has 1 fully saturated rings. The van der Waals surface area contributed by atoms with Crippen molar-refractivity contribution in [3.05, 3.63) is 46.6 Å². The van der Waals surface area contributed by atoms with Gasteiger partial charge in [-0.3, -0.25) is 9.59 Å². The van der Waals surface area contributed by atoms with Crippen LogP contribution in [0.4, 0.5) is 11.5 Å². The summed E-state index contributed by atoms with van der Waals surface area (Å²) in [5.41, 5.74) is 11.4. The Labute approximate surface area is 194 Å². The van der Waals surface area contributed by atoms with Gasteiger partial charge in [0.05, 0.1) is 53.0 Å². The number of fused-ring (bicyclic) bond motifs is 2. The van der Waals surface area contributed by atoms with E-state index in [-0.39, 0.29) is 18.7 Å². The van der Waals surface area contributed by atoms with Crippen molar-refractivity contribution in [3.63, 3.8) is 0 Å². The minimum Gasteiger partial charge on any atom is -0.383 e. The van der Waals surface area contributed by atoms with E-state index in [1.807, 2.05) is 25.1 Å². The molecule has 0 radical (unpaired) electrons. The number of ether oxygens (including phenoxy) is 2. The fourth-order valence-corrected chi connectivity index (χ4v) is 5.04. The fraction of sp³-hybridized carbons (Fsp3) is 0.391. The fourth-order valence-electron chi connectivity index (χ4n) is 4.39. The third-order valence-electron chi connectivity index (χ3n) is 6.27. The maximum atomic E-state index is 13.4. The lowest BCUT2D eigenvalue weighted by Gasteiger charge is -2.32. The average molecular weight is 468 g/mol. The summed E-state index contributed by atoms with van der Waals surface area (Å²) in [6.45, 7) is 3.53. The van der Waals surface area contributed by atoms with Crippen LogP contribution in [-0.4, -0.2) is 45.4 Å². The Kier molecular flexibility index (Phi) is 5.96. The summed E-state index contributed by atoms with van der Waals surface area (Å²) in [5.74, 6) is -0.978. The van der Waals surface area contributed by atoms with E-state index >= 15 is 0 Å². The zero-order valence-corrected chi connectivity index (χ0v) is 19.1. The molecule has 1 saturated heterocycles. The van der Waals surface area contributed by atoms with Crippen LogP contribution in [0.2, 0.25) is 0 Å². The molecule has 3 N–H and O–H groups in total. The van der Waals surface area contributed by atoms with E-state index < -0.39 is 11.8 Å². The van der Waals surface area contributed by atoms with Gasteiger partial charge >= 0.3 is 11.8 Å². The Balaban J connectivity index is 1.39. The number of thiazole rings is 1. The Morgan fingerprint density at radius 1 is 1.30 bits per heavy atom. The van der Waals surface area contributed by atoms with Crippen LogP contribution in [0.1, 0.15) is 36.5 Å². The molecule has 2 aliphatic rings. The minimum absolute atomic E-state index is 0.111. The number of aromatic nitrogens is 2. The van der Waals surface area contributed by atoms with Crippen LogP contribution in [0.25, 0.3) is 10.2 Å². The summed E-state index contributed by atoms with van der Waals surface area (Å²) in [7, 11) is 0. The standard InChI is InChI=1S/C23H25N5O4S/c1-13(19-3-2-6-32-19)28(9-14-4-5-20-17(7-14)26-12-33-20)23(30)22(29)27-18-8-25-21(24)16-11-31-10-15(16)18/h4-5,7-8,12-13,19H,2-3,6,9-11H2,1H3,(H2,24,25)(H,27,29)/t13-,19+/m0/s1. The molecule has 0 spiro atoms. The molecule has 3 aromatic rings. The second kappa shape index (κ2) is 9.05. The number of carbonyl (C=O) groups excluding carboxylic acids is 2. The van der Waals surface area contributed by atoms with Crippen LogP contribution in [0.3, 0.4) is 0 Å². The Morgan fingerprint density at radius 3 is 2.97 bits per heavy atom. The largest absolute Gasteiger partial charge is 0.383 e. The molecule has 1 aromatic carbocycles. The first-order valence-electron chi connectivity index (χ1n) is 10.9. The van der Waals surface area contributed by atoms with Crippen LogP contribution in [-0.2, 0) is 38.8 Å². The SMILES string of the molecule is C[C@@H]([C@H]1CCCO1)N(Cc1ccc2scnc2c1)C(=O)C(=O)Nc1cnc(N)c2c1COC2. The van der Waals surface area contributed by atoms with Gasteiger partial charge in [-0.15, -0.1) is 11.3 Å². The molecule has 2 atom stereocenters. The van der Waals surface area contributed by atoms with Gasteiger partial charge in [-0.25, -0.2) is 9.97 Å². The number of hydrogen-bond acceptors (Lipinski definition) is 8. The zero-order valence-electron chi connectivity index (χ0n) is 18.2. The highest BCUT2D eigenvalue weighted by Crippen LogP contribution is 2.30. The van der Waals surface area contributed by atoms with Crippen molar-refractivity contribution in [2.75, 3.05) is 17.7 Å². The number of carbonyl (C=O) groups is 2. The quantitative estimate of drug-likeness (QED) is 0.554. The summed E-state index contributed by atoms with van der Waals surface area (Å²) in [5, 5.41) is 2.73. The van der Waals surface area contributed by atoms with Gasteiger partial charge in [-0.1, -0.05) is 6.07 Å². The van der Waals surface area contributed by atoms with Crippen LogP contribution in [0, 0.1) is 0 Å². The number of nitrogens with two attached hydrogens (primary N) is 1. The number of nitrogen functional groups attached to an aromatic ring is 1. The topological polar surface area (TPSA) is 120 Å². The number of amides is 2. The number of nitrogens with zero attached hydrogens (tertiary/aromatic N) is 3. The minimum atomic E-state index is -0.727. The number of anilines is 2. The monoisotopic (exact) mass is 467 g/mol. The number of hydrogen-bond donors (Lipinski definition) is 2. The maximum absolute atomic E-state index is 13.4. The molecule has 0 saturated carbocycles. The van der Waals surface area contributed by atoms with Crippen molar-refractivity contribution >= 4 is 44.9 Å². The molecule has 2 aliphatic heterocycles. The molecular weight excluding hydrogens is 442 g/mol. The molecular formula is C23H25N5O4S. The van der Waals surface area contributed by atoms with E-state index in [2.05, 4.69) is 15.3 Å². The lowest BCUT2D eigenvalue weighted by atomic mass is 10.1. The number of benzene rings is 1. The van der Waals surface area contributed by atoms with Gasteiger partial charge in [0.1, 0.15) is 5.82 Å². The van der Waals surface area contributed by atoms with Gasteiger partial charge in [0.2, 0.25) is 0 Å². The van der Waals surface area contributed by atoms with Crippen LogP contribution >= 0.6 is 11.3 Å². The predicted octanol–water partition coefficient (Wildman–Crippen LogP) is 2.84. The first kappa shape index (κ1) is 21.7. The molecule has 2 aromatic heterocycles. The zero-order chi connectivity index (χ0) is 22.9. The van der Waals surface area contributed by atoms with Gasteiger partial charge in [0.15, 0.2) is 0 Å². The van der Waals surface area contributed by atoms with Crippen molar-refractivity contribution in [1.82, 2.24) is 14.9 Å². The van der Waals surface area contributed by atoms with Crippen LogP contribution < -0.4 is 11.1 Å². The Morgan fingerprint density at radius 2 is 2.15 bits per heavy atom. The Hall–Kier alpha value is -3.08. The number of nitrogens with one attached hydrogen (secondary N) is 1. The van der Waals surface area contributed by atoms with E-state index in [1.165, 1.54) is 6.20 Å². The molecule has 10 heteroatoms. The van der Waals surface area contributed by atoms with Gasteiger partial charge in [0.25, 0.3) is 0 Å². The van der Waals surface area contributed by atoms with E-state index in [0.717, 1.165) is 39.7 Å². The van der Waals surface area contributed by atoms with E-state index in [0.29, 0.717) is 31.3 Å². The first-order valence-corrected chi connectivity index (χ1v) is 11.8. The van der Waals surface area contributed by atoms with Crippen LogP contribution in [0.5, 0.6) is 0 Å². The second-order valence-electron chi connectivity index (χ2n) is 8.34. The van der Waals surface area contributed by atoms with E-state index in [4.69, 9.17) is 15.2 Å². The molecule has 9 nitrogen and oxygen atoms in total. The number of rotatable bonds is 5. The molecule has 4 heterocycles. The molecule has 5 rings (SSSR count). The lowest BCUT2D eigenvalue weighted by molar-refractivity contribution is -0.147. The average Bonchev–Trinajstić information content (AvgIpc) is 3.59. The second-order valence-corrected chi connectivity index (χ2v) is 9.23. The smallest absolute Gasteiger partial charge is 0.313 e. The summed E-state index contributed by atoms with van der Waals surface area (Å²) in [6, 6.07) is 5.65. The third kappa shape index (κ3) is 4.29. The Bertz CT molecular complexity index is 1210. The molecule has 172 valence electrons. The van der Waals surface area contributed by atoms with Crippen molar-refractivity contribution in [2.24, 2.45) is 0 Å². The number of pyridine rings is 1. The van der Waals surface area contributed by atoms with Gasteiger partial charge in [0, 0.05) is 24.3 Å². The highest BCUT2D eigenvalue weighted by atomic mass is 32.1. The summed E-state index contributed by atoms with van der Waals surface area (Å²) in [6.07, 6.45) is 3.15. The summed E-state index contributed by atoms with van der Waals surface area (Å²) in [4.78, 5) is 36.5. The van der Waals surface area contributed by atoms with Crippen molar-refractivity contribution in [2.45, 2.75) is 51.7 Å². The van der Waals surface area contributed by atoms with Crippen LogP contribution in [0.15, 0.2) is 29.9 Å². The van der Waals surface area contributed by atoms with Gasteiger partial charge in [-0.2, -0.15) is 0 Å². The first-order chi connectivity index (χ1) is 16.0. The van der Waals surface area contributed by atoms with Crippen molar-refractivity contribution in [3.8, 4) is 0 Å². The van der Waals surface area contributed by atoms with E-state index in [1.54, 1.807) is 21.7 Å². The third-order valence-corrected chi connectivity index (χ3v) is 7.08. The molecule has 0 unspecified atom stereocenters. The molecule has 0 bridgehead atoms.